The number of halogens is 1. The van der Waals surface area contributed by atoms with Crippen LogP contribution in [0.1, 0.15) is 6.92 Å². The van der Waals surface area contributed by atoms with Gasteiger partial charge in [0.15, 0.2) is 5.83 Å². The summed E-state index contributed by atoms with van der Waals surface area (Å²) in [5.74, 6) is -1.25. The minimum absolute atomic E-state index is 0.130. The molecular weight excluding hydrogens is 237 g/mol. The molecule has 18 heavy (non-hydrogen) atoms. The number of methoxy groups -OCH3 is 1. The van der Waals surface area contributed by atoms with Gasteiger partial charge in [0.2, 0.25) is 0 Å². The third kappa shape index (κ3) is 6.33. The average Bonchev–Trinajstić information content (AvgIpc) is 2.37. The summed E-state index contributed by atoms with van der Waals surface area (Å²) in [6, 6.07) is 1.75. The number of rotatable bonds is 3. The van der Waals surface area contributed by atoms with Crippen molar-refractivity contribution < 1.29 is 13.9 Å². The highest BCUT2D eigenvalue weighted by Gasteiger charge is 2.21. The molecule has 0 aliphatic carbocycles. The van der Waals surface area contributed by atoms with Gasteiger partial charge in [-0.25, -0.2) is 4.39 Å². The number of nitriles is 1. The van der Waals surface area contributed by atoms with E-state index in [0.717, 1.165) is 13.1 Å². The number of nitrogens with zero attached hydrogens (tertiary/aromatic N) is 3. The summed E-state index contributed by atoms with van der Waals surface area (Å²) in [6.45, 7) is 4.32. The summed E-state index contributed by atoms with van der Waals surface area (Å²) in [5, 5.41) is 7.32. The van der Waals surface area contributed by atoms with Crippen LogP contribution in [0.2, 0.25) is 0 Å². The van der Waals surface area contributed by atoms with Crippen LogP contribution in [-0.2, 0) is 9.53 Å². The van der Waals surface area contributed by atoms with Crippen LogP contribution in [0.5, 0.6) is 0 Å². The van der Waals surface area contributed by atoms with E-state index in [1.807, 2.05) is 7.05 Å². The van der Waals surface area contributed by atoms with Gasteiger partial charge in [-0.3, -0.25) is 4.79 Å². The van der Waals surface area contributed by atoms with Gasteiger partial charge >= 0.3 is 0 Å². The van der Waals surface area contributed by atoms with E-state index in [9.17, 15) is 9.18 Å². The van der Waals surface area contributed by atoms with Crippen molar-refractivity contribution in [1.82, 2.24) is 9.80 Å². The zero-order valence-electron chi connectivity index (χ0n) is 11.1. The van der Waals surface area contributed by atoms with Crippen LogP contribution in [0.4, 0.5) is 4.39 Å². The third-order valence-electron chi connectivity index (χ3n) is 2.42. The van der Waals surface area contributed by atoms with E-state index in [2.05, 4.69) is 9.64 Å². The van der Waals surface area contributed by atoms with Gasteiger partial charge in [0.05, 0.1) is 12.7 Å². The molecule has 0 aromatic heterocycles. The molecule has 0 bridgehead atoms. The maximum Gasteiger partial charge on any atom is 0.282 e. The molecule has 0 spiro atoms. The Hall–Kier alpha value is -1.45. The molecule has 0 N–H and O–H groups in total. The number of amides is 1. The predicted octanol–water partition coefficient (Wildman–Crippen LogP) is 0.790. The number of ether oxygens (including phenoxy) is 1. The Balaban J connectivity index is 0.000000873. The van der Waals surface area contributed by atoms with Gasteiger partial charge in [-0.1, -0.05) is 0 Å². The van der Waals surface area contributed by atoms with E-state index >= 15 is 0 Å². The van der Waals surface area contributed by atoms with Gasteiger partial charge in [0.1, 0.15) is 0 Å². The van der Waals surface area contributed by atoms with Crippen molar-refractivity contribution in [3.05, 3.63) is 11.9 Å². The Labute approximate surface area is 107 Å². The molecule has 5 nitrogen and oxygen atoms in total. The highest BCUT2D eigenvalue weighted by atomic mass is 19.1. The molecule has 0 atom stereocenters. The smallest absolute Gasteiger partial charge is 0.282 e. The van der Waals surface area contributed by atoms with Crippen LogP contribution < -0.4 is 0 Å². The van der Waals surface area contributed by atoms with Gasteiger partial charge in [-0.2, -0.15) is 5.26 Å². The molecule has 1 heterocycles. The Kier molecular flexibility index (Phi) is 8.80. The minimum atomic E-state index is -0.721. The maximum atomic E-state index is 13.2. The first kappa shape index (κ1) is 16.6. The summed E-state index contributed by atoms with van der Waals surface area (Å²) in [7, 11) is 3.45. The van der Waals surface area contributed by atoms with Crippen molar-refractivity contribution >= 4 is 5.91 Å². The standard InChI is InChI=1S/C10H17FN2O2.C2H3N/c1-12-4-6-13(7-5-12)10(14)9(11)3-8-15-2;1-2-3/h3H,4-8H2,1-2H3;1H3/b9-3-;. The van der Waals surface area contributed by atoms with E-state index in [1.165, 1.54) is 25.0 Å². The molecule has 0 aromatic rings. The molecule has 1 aliphatic heterocycles. The van der Waals surface area contributed by atoms with Crippen molar-refractivity contribution in [3.8, 4) is 6.07 Å². The number of carbonyl (C=O) groups is 1. The Morgan fingerprint density at radius 2 is 1.94 bits per heavy atom. The van der Waals surface area contributed by atoms with Crippen molar-refractivity contribution in [1.29, 1.82) is 5.26 Å². The second-order valence-electron chi connectivity index (χ2n) is 3.83. The molecule has 1 saturated heterocycles. The predicted molar refractivity (Wildman–Crippen MR) is 66.4 cm³/mol. The largest absolute Gasteiger partial charge is 0.381 e. The number of piperazine rings is 1. The highest BCUT2D eigenvalue weighted by Crippen LogP contribution is 2.07. The molecule has 0 radical (unpaired) electrons. The zero-order chi connectivity index (χ0) is 14.0. The van der Waals surface area contributed by atoms with E-state index in [1.54, 1.807) is 6.07 Å². The van der Waals surface area contributed by atoms with Crippen LogP contribution in [0, 0.1) is 11.3 Å². The van der Waals surface area contributed by atoms with Gasteiger partial charge < -0.3 is 14.5 Å². The van der Waals surface area contributed by atoms with Crippen LogP contribution in [0.3, 0.4) is 0 Å². The second kappa shape index (κ2) is 9.57. The number of carbonyl (C=O) groups excluding carboxylic acids is 1. The molecule has 1 fully saturated rings. The van der Waals surface area contributed by atoms with Crippen LogP contribution >= 0.6 is 0 Å². The lowest BCUT2D eigenvalue weighted by molar-refractivity contribution is -0.130. The molecule has 0 unspecified atom stereocenters. The van der Waals surface area contributed by atoms with E-state index < -0.39 is 11.7 Å². The SMILES string of the molecule is CC#N.COC/C=C(\F)C(=O)N1CCN(C)CC1. The minimum Gasteiger partial charge on any atom is -0.381 e. The lowest BCUT2D eigenvalue weighted by atomic mass is 10.3. The van der Waals surface area contributed by atoms with Gasteiger partial charge in [0.25, 0.3) is 5.91 Å². The van der Waals surface area contributed by atoms with Crippen LogP contribution in [-0.4, -0.2) is 62.7 Å². The summed E-state index contributed by atoms with van der Waals surface area (Å²) in [4.78, 5) is 15.2. The lowest BCUT2D eigenvalue weighted by Crippen LogP contribution is -2.47. The van der Waals surface area contributed by atoms with Crippen molar-refractivity contribution in [2.75, 3.05) is 46.9 Å². The summed E-state index contributed by atoms with van der Waals surface area (Å²) in [5.41, 5.74) is 0. The molecule has 0 saturated carbocycles. The highest BCUT2D eigenvalue weighted by molar-refractivity contribution is 5.91. The molecule has 1 aliphatic rings. The quantitative estimate of drug-likeness (QED) is 0.701. The molecule has 1 amide bonds. The summed E-state index contributed by atoms with van der Waals surface area (Å²) < 4.78 is 17.9. The fourth-order valence-electron chi connectivity index (χ4n) is 1.40. The van der Waals surface area contributed by atoms with Crippen LogP contribution in [0.25, 0.3) is 0 Å². The Morgan fingerprint density at radius 3 is 2.39 bits per heavy atom. The summed E-state index contributed by atoms with van der Waals surface area (Å²) >= 11 is 0. The Morgan fingerprint density at radius 1 is 1.44 bits per heavy atom. The first-order chi connectivity index (χ1) is 8.56. The van der Waals surface area contributed by atoms with Gasteiger partial charge in [-0.15, -0.1) is 0 Å². The fourth-order valence-corrected chi connectivity index (χ4v) is 1.40. The average molecular weight is 257 g/mol. The van der Waals surface area contributed by atoms with E-state index in [0.29, 0.717) is 13.1 Å². The topological polar surface area (TPSA) is 56.6 Å². The van der Waals surface area contributed by atoms with Crippen LogP contribution in [0.15, 0.2) is 11.9 Å². The first-order valence-corrected chi connectivity index (χ1v) is 5.70. The van der Waals surface area contributed by atoms with Crippen molar-refractivity contribution in [3.63, 3.8) is 0 Å². The monoisotopic (exact) mass is 257 g/mol. The normalized spacial score (nSPS) is 16.6. The molecule has 102 valence electrons. The third-order valence-corrected chi connectivity index (χ3v) is 2.42. The zero-order valence-corrected chi connectivity index (χ0v) is 11.1. The molecular formula is C12H20FN3O2. The molecule has 1 rings (SSSR count). The van der Waals surface area contributed by atoms with Crippen molar-refractivity contribution in [2.24, 2.45) is 0 Å². The Bertz CT molecular complexity index is 318. The van der Waals surface area contributed by atoms with Gasteiger partial charge in [-0.05, 0) is 13.1 Å². The maximum absolute atomic E-state index is 13.2. The summed E-state index contributed by atoms with van der Waals surface area (Å²) in [6.07, 6.45) is 1.17. The first-order valence-electron chi connectivity index (χ1n) is 5.70. The fraction of sp³-hybridized carbons (Fsp3) is 0.667. The number of hydrogen-bond acceptors (Lipinski definition) is 4. The van der Waals surface area contributed by atoms with Gasteiger partial charge in [0, 0.05) is 40.2 Å². The van der Waals surface area contributed by atoms with Crippen molar-refractivity contribution in [2.45, 2.75) is 6.92 Å². The lowest BCUT2D eigenvalue weighted by Gasteiger charge is -2.31. The molecule has 6 heteroatoms. The second-order valence-corrected chi connectivity index (χ2v) is 3.83. The molecule has 0 aromatic carbocycles. The van der Waals surface area contributed by atoms with E-state index in [4.69, 9.17) is 5.26 Å². The van der Waals surface area contributed by atoms with E-state index in [-0.39, 0.29) is 6.61 Å². The number of hydrogen-bond donors (Lipinski definition) is 0. The number of likely N-dealkylation sites (N-methyl/N-ethyl adjacent to an activating group) is 1.